The molecule has 0 N–H and O–H groups in total. The number of nitrogens with zero attached hydrogens (tertiary/aromatic N) is 2. The van der Waals surface area contributed by atoms with E-state index in [1.807, 2.05) is 30.3 Å². The zero-order valence-corrected chi connectivity index (χ0v) is 20.6. The number of aryl methyl sites for hydroxylation is 1. The van der Waals surface area contributed by atoms with Gasteiger partial charge in [0.05, 0.1) is 27.4 Å². The van der Waals surface area contributed by atoms with Crippen LogP contribution in [0.3, 0.4) is 0 Å². The molecule has 1 aromatic heterocycles. The van der Waals surface area contributed by atoms with Crippen LogP contribution in [0.1, 0.15) is 32.0 Å². The molecule has 0 amide bonds. The molecule has 1 heterocycles. The second kappa shape index (κ2) is 9.57. The molecule has 4 nitrogen and oxygen atoms in total. The Kier molecular flexibility index (Phi) is 6.83. The van der Waals surface area contributed by atoms with Gasteiger partial charge in [0.25, 0.3) is 0 Å². The molecule has 4 rings (SSSR count). The normalized spacial score (nSPS) is 11.8. The number of carbonyl (C=O) groups is 1. The number of carbonyl (C=O) groups excluding carboxylic acids is 1. The lowest BCUT2D eigenvalue weighted by atomic mass is 10.0. The summed E-state index contributed by atoms with van der Waals surface area (Å²) in [5.74, 6) is -11.2. The Bertz CT molecular complexity index is 1460. The van der Waals surface area contributed by atoms with Gasteiger partial charge in [0.2, 0.25) is 11.7 Å². The molecule has 0 spiro atoms. The fourth-order valence-electron chi connectivity index (χ4n) is 3.68. The van der Waals surface area contributed by atoms with Crippen LogP contribution in [-0.4, -0.2) is 15.7 Å². The summed E-state index contributed by atoms with van der Waals surface area (Å²) in [7, 11) is 0. The standard InChI is InChI=1S/C26H21F5N2O2S/c1-13-23(36-24-21(30)19(28)18(27)20(29)22(24)31)25(33(32-13)26(2,3)4)35-17(34)12-15-10-7-9-14-8-5-6-11-16(14)15/h5-11H,12H2,1-4H3. The van der Waals surface area contributed by atoms with Crippen molar-refractivity contribution in [2.75, 3.05) is 0 Å². The van der Waals surface area contributed by atoms with E-state index in [2.05, 4.69) is 5.10 Å². The first-order chi connectivity index (χ1) is 16.9. The van der Waals surface area contributed by atoms with Gasteiger partial charge in [-0.05, 0) is 44.0 Å². The maximum absolute atomic E-state index is 14.4. The second-order valence-electron chi connectivity index (χ2n) is 9.09. The van der Waals surface area contributed by atoms with Crippen LogP contribution in [-0.2, 0) is 16.8 Å². The first-order valence-electron chi connectivity index (χ1n) is 10.9. The highest BCUT2D eigenvalue weighted by molar-refractivity contribution is 7.99. The van der Waals surface area contributed by atoms with Crippen LogP contribution in [0.25, 0.3) is 10.8 Å². The molecule has 188 valence electrons. The largest absolute Gasteiger partial charge is 0.406 e. The number of rotatable bonds is 5. The monoisotopic (exact) mass is 520 g/mol. The molecule has 4 aromatic rings. The zero-order valence-electron chi connectivity index (χ0n) is 19.8. The van der Waals surface area contributed by atoms with Crippen molar-refractivity contribution >= 4 is 28.5 Å². The molecule has 0 bridgehead atoms. The Hall–Kier alpha value is -3.40. The minimum atomic E-state index is -2.25. The fourth-order valence-corrected chi connectivity index (χ4v) is 4.64. The maximum atomic E-state index is 14.4. The van der Waals surface area contributed by atoms with E-state index in [1.165, 1.54) is 11.6 Å². The molecular formula is C26H21F5N2O2S. The number of halogens is 5. The molecular weight excluding hydrogens is 499 g/mol. The number of benzene rings is 3. The molecule has 0 fully saturated rings. The van der Waals surface area contributed by atoms with Crippen LogP contribution >= 0.6 is 11.8 Å². The van der Waals surface area contributed by atoms with E-state index >= 15 is 0 Å². The molecule has 36 heavy (non-hydrogen) atoms. The van der Waals surface area contributed by atoms with Crippen molar-refractivity contribution in [3.05, 3.63) is 82.8 Å². The second-order valence-corrected chi connectivity index (χ2v) is 10.1. The van der Waals surface area contributed by atoms with Gasteiger partial charge in [-0.3, -0.25) is 4.79 Å². The first-order valence-corrected chi connectivity index (χ1v) is 11.7. The van der Waals surface area contributed by atoms with Gasteiger partial charge in [0, 0.05) is 0 Å². The van der Waals surface area contributed by atoms with Crippen molar-refractivity contribution in [3.63, 3.8) is 0 Å². The SMILES string of the molecule is Cc1nn(C(C)(C)C)c(OC(=O)Cc2cccc3ccccc23)c1Sc1c(F)c(F)c(F)c(F)c1F. The van der Waals surface area contributed by atoms with Gasteiger partial charge in [0.1, 0.15) is 0 Å². The molecule has 3 aromatic carbocycles. The predicted molar refractivity (Wildman–Crippen MR) is 126 cm³/mol. The number of esters is 1. The Labute approximate surface area is 208 Å². The van der Waals surface area contributed by atoms with E-state index in [0.717, 1.165) is 10.8 Å². The molecule has 0 saturated heterocycles. The third kappa shape index (κ3) is 4.69. The Morgan fingerprint density at radius 2 is 1.47 bits per heavy atom. The van der Waals surface area contributed by atoms with Crippen LogP contribution in [0, 0.1) is 36.0 Å². The quantitative estimate of drug-likeness (QED) is 0.122. The molecule has 0 radical (unpaired) electrons. The predicted octanol–water partition coefficient (Wildman–Crippen LogP) is 7.09. The third-order valence-corrected chi connectivity index (χ3v) is 6.64. The van der Waals surface area contributed by atoms with Crippen molar-refractivity contribution in [1.82, 2.24) is 9.78 Å². The van der Waals surface area contributed by atoms with Crippen LogP contribution < -0.4 is 4.74 Å². The molecule has 10 heteroatoms. The highest BCUT2D eigenvalue weighted by Gasteiger charge is 2.32. The number of hydrogen-bond donors (Lipinski definition) is 0. The molecule has 0 unspecified atom stereocenters. The Morgan fingerprint density at radius 1 is 0.889 bits per heavy atom. The van der Waals surface area contributed by atoms with Crippen molar-refractivity contribution < 1.29 is 31.5 Å². The van der Waals surface area contributed by atoms with Gasteiger partial charge >= 0.3 is 5.97 Å². The summed E-state index contributed by atoms with van der Waals surface area (Å²) >= 11 is 0.262. The van der Waals surface area contributed by atoms with Crippen molar-refractivity contribution in [2.45, 2.75) is 49.4 Å². The lowest BCUT2D eigenvalue weighted by Gasteiger charge is -2.22. The number of hydrogen-bond acceptors (Lipinski definition) is 4. The highest BCUT2D eigenvalue weighted by Crippen LogP contribution is 2.43. The number of ether oxygens (including phenoxy) is 1. The molecule has 0 atom stereocenters. The number of aromatic nitrogens is 2. The van der Waals surface area contributed by atoms with Crippen LogP contribution in [0.4, 0.5) is 22.0 Å². The highest BCUT2D eigenvalue weighted by atomic mass is 32.2. The maximum Gasteiger partial charge on any atom is 0.317 e. The van der Waals surface area contributed by atoms with Crippen molar-refractivity contribution in [2.24, 2.45) is 0 Å². The lowest BCUT2D eigenvalue weighted by Crippen LogP contribution is -2.26. The van der Waals surface area contributed by atoms with Gasteiger partial charge in [0.15, 0.2) is 23.3 Å². The van der Waals surface area contributed by atoms with Crippen LogP contribution in [0.2, 0.25) is 0 Å². The number of fused-ring (bicyclic) bond motifs is 1. The molecule has 0 aliphatic carbocycles. The van der Waals surface area contributed by atoms with Crippen molar-refractivity contribution in [1.29, 1.82) is 0 Å². The van der Waals surface area contributed by atoms with E-state index in [1.54, 1.807) is 32.9 Å². The summed E-state index contributed by atoms with van der Waals surface area (Å²) in [6.45, 7) is 6.76. The molecule has 0 aliphatic heterocycles. The fraction of sp³-hybridized carbons (Fsp3) is 0.231. The summed E-state index contributed by atoms with van der Waals surface area (Å²) in [6, 6.07) is 13.0. The van der Waals surface area contributed by atoms with Gasteiger partial charge in [-0.15, -0.1) is 0 Å². The first kappa shape index (κ1) is 25.7. The molecule has 0 saturated carbocycles. The average molecular weight is 521 g/mol. The van der Waals surface area contributed by atoms with E-state index < -0.39 is 45.5 Å². The van der Waals surface area contributed by atoms with Gasteiger partial charge in [-0.1, -0.05) is 54.2 Å². The smallest absolute Gasteiger partial charge is 0.317 e. The third-order valence-electron chi connectivity index (χ3n) is 5.40. The van der Waals surface area contributed by atoms with E-state index in [9.17, 15) is 26.7 Å². The topological polar surface area (TPSA) is 44.1 Å². The van der Waals surface area contributed by atoms with Crippen LogP contribution in [0.15, 0.2) is 52.3 Å². The minimum Gasteiger partial charge on any atom is -0.406 e. The van der Waals surface area contributed by atoms with Crippen LogP contribution in [0.5, 0.6) is 5.88 Å². The average Bonchev–Trinajstić information content (AvgIpc) is 3.14. The summed E-state index contributed by atoms with van der Waals surface area (Å²) in [6.07, 6.45) is -0.123. The summed E-state index contributed by atoms with van der Waals surface area (Å²) in [4.78, 5) is 11.9. The van der Waals surface area contributed by atoms with Crippen molar-refractivity contribution in [3.8, 4) is 5.88 Å². The lowest BCUT2D eigenvalue weighted by molar-refractivity contribution is -0.134. The summed E-state index contributed by atoms with van der Waals surface area (Å²) in [5, 5.41) is 6.11. The molecule has 0 aliphatic rings. The summed E-state index contributed by atoms with van der Waals surface area (Å²) in [5.41, 5.74) is 0.145. The Balaban J connectivity index is 1.75. The minimum absolute atomic E-state index is 0.0422. The van der Waals surface area contributed by atoms with E-state index in [-0.39, 0.29) is 34.7 Å². The van der Waals surface area contributed by atoms with Gasteiger partial charge < -0.3 is 4.74 Å². The summed E-state index contributed by atoms with van der Waals surface area (Å²) < 4.78 is 76.9. The van der Waals surface area contributed by atoms with Gasteiger partial charge in [-0.25, -0.2) is 26.6 Å². The van der Waals surface area contributed by atoms with Gasteiger partial charge in [-0.2, -0.15) is 5.10 Å². The zero-order chi connectivity index (χ0) is 26.4. The van der Waals surface area contributed by atoms with E-state index in [0.29, 0.717) is 5.56 Å². The Morgan fingerprint density at radius 3 is 2.11 bits per heavy atom. The van der Waals surface area contributed by atoms with E-state index in [4.69, 9.17) is 4.74 Å².